The van der Waals surface area contributed by atoms with E-state index in [1.807, 2.05) is 0 Å². The molecule has 1 aliphatic carbocycles. The van der Waals surface area contributed by atoms with Crippen LogP contribution >= 0.6 is 0 Å². The Labute approximate surface area is 118 Å². The first-order chi connectivity index (χ1) is 9.26. The van der Waals surface area contributed by atoms with E-state index in [9.17, 15) is 0 Å². The molecular formula is C18H29N. The standard InChI is InChI=1S/C18H29N/c1-3-14-11-12-15(4-2)17(13-14)18(19)16-9-7-5-6-8-10-16/h11-13,16,18H,3-10,19H2,1-2H3. The molecule has 0 amide bonds. The minimum atomic E-state index is 0.250. The highest BCUT2D eigenvalue weighted by Crippen LogP contribution is 2.34. The van der Waals surface area contributed by atoms with Gasteiger partial charge in [-0.15, -0.1) is 0 Å². The number of benzene rings is 1. The minimum absolute atomic E-state index is 0.250. The molecule has 0 aromatic heterocycles. The van der Waals surface area contributed by atoms with Crippen molar-refractivity contribution in [2.75, 3.05) is 0 Å². The van der Waals surface area contributed by atoms with Crippen molar-refractivity contribution in [3.63, 3.8) is 0 Å². The highest BCUT2D eigenvalue weighted by Gasteiger charge is 2.22. The number of rotatable bonds is 4. The van der Waals surface area contributed by atoms with Gasteiger partial charge in [0.1, 0.15) is 0 Å². The zero-order chi connectivity index (χ0) is 13.7. The van der Waals surface area contributed by atoms with E-state index in [2.05, 4.69) is 32.0 Å². The molecular weight excluding hydrogens is 230 g/mol. The normalized spacial score (nSPS) is 19.1. The molecule has 2 N–H and O–H groups in total. The first kappa shape index (κ1) is 14.6. The van der Waals surface area contributed by atoms with Gasteiger partial charge >= 0.3 is 0 Å². The lowest BCUT2D eigenvalue weighted by molar-refractivity contribution is 0.381. The maximum absolute atomic E-state index is 6.64. The van der Waals surface area contributed by atoms with Crippen molar-refractivity contribution >= 4 is 0 Å². The van der Waals surface area contributed by atoms with Crippen LogP contribution in [0.2, 0.25) is 0 Å². The zero-order valence-corrected chi connectivity index (χ0v) is 12.6. The van der Waals surface area contributed by atoms with E-state index in [1.54, 1.807) is 0 Å². The molecule has 0 saturated heterocycles. The summed E-state index contributed by atoms with van der Waals surface area (Å²) < 4.78 is 0. The van der Waals surface area contributed by atoms with E-state index in [-0.39, 0.29) is 6.04 Å². The summed E-state index contributed by atoms with van der Waals surface area (Å²) in [6.45, 7) is 4.46. The second-order valence-corrected chi connectivity index (χ2v) is 6.02. The lowest BCUT2D eigenvalue weighted by Gasteiger charge is -2.25. The maximum Gasteiger partial charge on any atom is 0.0326 e. The van der Waals surface area contributed by atoms with Gasteiger partial charge in [0.2, 0.25) is 0 Å². The molecule has 106 valence electrons. The summed E-state index contributed by atoms with van der Waals surface area (Å²) in [4.78, 5) is 0. The van der Waals surface area contributed by atoms with E-state index in [4.69, 9.17) is 5.73 Å². The fourth-order valence-electron chi connectivity index (χ4n) is 3.42. The van der Waals surface area contributed by atoms with Crippen molar-refractivity contribution in [1.29, 1.82) is 0 Å². The summed E-state index contributed by atoms with van der Waals surface area (Å²) in [5.41, 5.74) is 10.9. The van der Waals surface area contributed by atoms with Crippen molar-refractivity contribution in [3.05, 3.63) is 34.9 Å². The van der Waals surface area contributed by atoms with Crippen molar-refractivity contribution < 1.29 is 0 Å². The third-order valence-corrected chi connectivity index (χ3v) is 4.77. The third-order valence-electron chi connectivity index (χ3n) is 4.77. The monoisotopic (exact) mass is 259 g/mol. The van der Waals surface area contributed by atoms with Gasteiger partial charge in [-0.3, -0.25) is 0 Å². The Hall–Kier alpha value is -0.820. The van der Waals surface area contributed by atoms with Crippen LogP contribution in [0, 0.1) is 5.92 Å². The Bertz CT molecular complexity index is 389. The maximum atomic E-state index is 6.64. The average Bonchev–Trinajstić information content (AvgIpc) is 2.74. The van der Waals surface area contributed by atoms with Gasteiger partial charge in [0.15, 0.2) is 0 Å². The highest BCUT2D eigenvalue weighted by atomic mass is 14.7. The fraction of sp³-hybridized carbons (Fsp3) is 0.667. The van der Waals surface area contributed by atoms with Crippen LogP contribution in [0.5, 0.6) is 0 Å². The highest BCUT2D eigenvalue weighted by molar-refractivity contribution is 5.35. The van der Waals surface area contributed by atoms with Crippen molar-refractivity contribution in [2.45, 2.75) is 71.3 Å². The fourth-order valence-corrected chi connectivity index (χ4v) is 3.42. The molecule has 1 aromatic rings. The molecule has 1 aliphatic rings. The summed E-state index contributed by atoms with van der Waals surface area (Å²) in [5.74, 6) is 0.694. The van der Waals surface area contributed by atoms with Crippen LogP contribution in [0.3, 0.4) is 0 Å². The Balaban J connectivity index is 2.22. The zero-order valence-electron chi connectivity index (χ0n) is 12.6. The SMILES string of the molecule is CCc1ccc(CC)c(C(N)C2CCCCCC2)c1. The van der Waals surface area contributed by atoms with Crippen LogP contribution in [-0.4, -0.2) is 0 Å². The third kappa shape index (κ3) is 3.60. The lowest BCUT2D eigenvalue weighted by atomic mass is 9.84. The van der Waals surface area contributed by atoms with Gasteiger partial charge in [-0.05, 0) is 48.3 Å². The van der Waals surface area contributed by atoms with Crippen LogP contribution in [0.25, 0.3) is 0 Å². The molecule has 1 unspecified atom stereocenters. The molecule has 2 rings (SSSR count). The van der Waals surface area contributed by atoms with Gasteiger partial charge in [0.25, 0.3) is 0 Å². The summed E-state index contributed by atoms with van der Waals surface area (Å²) in [5, 5.41) is 0. The molecule has 1 fully saturated rings. The largest absolute Gasteiger partial charge is 0.324 e. The smallest absolute Gasteiger partial charge is 0.0326 e. The number of aryl methyl sites for hydroxylation is 2. The minimum Gasteiger partial charge on any atom is -0.324 e. The number of hydrogen-bond acceptors (Lipinski definition) is 1. The van der Waals surface area contributed by atoms with E-state index in [0.29, 0.717) is 5.92 Å². The first-order valence-electron chi connectivity index (χ1n) is 8.13. The molecule has 1 nitrogen and oxygen atoms in total. The molecule has 0 bridgehead atoms. The number of nitrogens with two attached hydrogens (primary N) is 1. The quantitative estimate of drug-likeness (QED) is 0.774. The summed E-state index contributed by atoms with van der Waals surface area (Å²) in [7, 11) is 0. The van der Waals surface area contributed by atoms with Gasteiger partial charge in [0, 0.05) is 6.04 Å². The summed E-state index contributed by atoms with van der Waals surface area (Å²) in [6.07, 6.45) is 10.4. The van der Waals surface area contributed by atoms with Crippen molar-refractivity contribution in [3.8, 4) is 0 Å². The van der Waals surface area contributed by atoms with Gasteiger partial charge < -0.3 is 5.73 Å². The number of hydrogen-bond donors (Lipinski definition) is 1. The summed E-state index contributed by atoms with van der Waals surface area (Å²) >= 11 is 0. The Morgan fingerprint density at radius 1 is 1.05 bits per heavy atom. The van der Waals surface area contributed by atoms with E-state index >= 15 is 0 Å². The lowest BCUT2D eigenvalue weighted by Crippen LogP contribution is -2.22. The Morgan fingerprint density at radius 3 is 2.32 bits per heavy atom. The van der Waals surface area contributed by atoms with E-state index in [1.165, 1.54) is 55.2 Å². The molecule has 1 aromatic carbocycles. The van der Waals surface area contributed by atoms with E-state index in [0.717, 1.165) is 12.8 Å². The van der Waals surface area contributed by atoms with Crippen LogP contribution in [0.15, 0.2) is 18.2 Å². The molecule has 0 spiro atoms. The topological polar surface area (TPSA) is 26.0 Å². The first-order valence-corrected chi connectivity index (χ1v) is 8.13. The molecule has 1 saturated carbocycles. The van der Waals surface area contributed by atoms with Gasteiger partial charge in [-0.25, -0.2) is 0 Å². The van der Waals surface area contributed by atoms with Crippen molar-refractivity contribution in [2.24, 2.45) is 11.7 Å². The molecule has 0 heterocycles. The van der Waals surface area contributed by atoms with E-state index < -0.39 is 0 Å². The predicted octanol–water partition coefficient (Wildman–Crippen LogP) is 4.78. The Kier molecular flexibility index (Phi) is 5.45. The van der Waals surface area contributed by atoms with Gasteiger partial charge in [-0.2, -0.15) is 0 Å². The van der Waals surface area contributed by atoms with Gasteiger partial charge in [-0.1, -0.05) is 57.7 Å². The summed E-state index contributed by atoms with van der Waals surface area (Å²) in [6, 6.07) is 7.18. The van der Waals surface area contributed by atoms with Crippen molar-refractivity contribution in [1.82, 2.24) is 0 Å². The molecule has 0 aliphatic heterocycles. The Morgan fingerprint density at radius 2 is 1.74 bits per heavy atom. The predicted molar refractivity (Wildman–Crippen MR) is 83.3 cm³/mol. The second kappa shape index (κ2) is 7.09. The molecule has 0 radical (unpaired) electrons. The van der Waals surface area contributed by atoms with Crippen LogP contribution < -0.4 is 5.73 Å². The van der Waals surface area contributed by atoms with Crippen LogP contribution in [-0.2, 0) is 12.8 Å². The molecule has 19 heavy (non-hydrogen) atoms. The molecule has 1 heteroatoms. The average molecular weight is 259 g/mol. The van der Waals surface area contributed by atoms with Gasteiger partial charge in [0.05, 0.1) is 0 Å². The van der Waals surface area contributed by atoms with Crippen LogP contribution in [0.1, 0.15) is 75.1 Å². The second-order valence-electron chi connectivity index (χ2n) is 6.02. The molecule has 1 atom stereocenters. The van der Waals surface area contributed by atoms with Crippen LogP contribution in [0.4, 0.5) is 0 Å².